The first kappa shape index (κ1) is 41.0. The summed E-state index contributed by atoms with van der Waals surface area (Å²) in [7, 11) is 0. The van der Waals surface area contributed by atoms with Crippen LogP contribution in [-0.4, -0.2) is 36.2 Å². The quantitative estimate of drug-likeness (QED) is 0.0752. The van der Waals surface area contributed by atoms with Gasteiger partial charge in [-0.15, -0.1) is 0 Å². The molecular weight excluding hydrogens is 689 g/mol. The molecule has 0 spiro atoms. The zero-order valence-electron chi connectivity index (χ0n) is 34.4. The van der Waals surface area contributed by atoms with Crippen LogP contribution in [-0.2, 0) is 22.4 Å². The molecule has 0 amide bonds. The Morgan fingerprint density at radius 1 is 0.745 bits per heavy atom. The topological polar surface area (TPSA) is 123 Å². The molecule has 0 fully saturated rings. The van der Waals surface area contributed by atoms with E-state index in [1.54, 1.807) is 0 Å². The van der Waals surface area contributed by atoms with Gasteiger partial charge < -0.3 is 30.4 Å². The van der Waals surface area contributed by atoms with Crippen molar-refractivity contribution in [3.05, 3.63) is 69.8 Å². The molecule has 0 bridgehead atoms. The highest BCUT2D eigenvalue weighted by molar-refractivity contribution is 5.76. The van der Waals surface area contributed by atoms with Gasteiger partial charge in [-0.2, -0.15) is 0 Å². The molecule has 2 heterocycles. The largest absolute Gasteiger partial charge is 0.487 e. The molecule has 2 aromatic rings. The van der Waals surface area contributed by atoms with Crippen LogP contribution in [0.3, 0.4) is 0 Å². The van der Waals surface area contributed by atoms with Crippen molar-refractivity contribution in [2.24, 2.45) is 23.3 Å². The molecule has 0 radical (unpaired) electrons. The van der Waals surface area contributed by atoms with Crippen LogP contribution in [0.5, 0.6) is 23.0 Å². The summed E-state index contributed by atoms with van der Waals surface area (Å²) in [6.07, 6.45) is 19.3. The molecule has 8 heteroatoms. The maximum Gasteiger partial charge on any atom is 0.325 e. The van der Waals surface area contributed by atoms with E-state index in [1.807, 2.05) is 0 Å². The number of nitrogens with two attached hydrogens (primary N) is 2. The van der Waals surface area contributed by atoms with Crippen LogP contribution in [0, 0.1) is 11.8 Å². The molecule has 4 aliphatic rings. The number of benzene rings is 2. The number of carbonyl (C=O) groups excluding carboxylic acids is 2. The predicted molar refractivity (Wildman–Crippen MR) is 219 cm³/mol. The number of rotatable bonds is 16. The summed E-state index contributed by atoms with van der Waals surface area (Å²) in [5.41, 5.74) is 17.7. The highest BCUT2D eigenvalue weighted by Crippen LogP contribution is 2.57. The number of allylic oxidation sites excluding steroid dienone is 4. The second kappa shape index (κ2) is 17.7. The lowest BCUT2D eigenvalue weighted by Crippen LogP contribution is -2.48. The maximum atomic E-state index is 12.9. The van der Waals surface area contributed by atoms with Gasteiger partial charge >= 0.3 is 11.9 Å². The first-order valence-electron chi connectivity index (χ1n) is 21.3. The number of hydrogen-bond acceptors (Lipinski definition) is 8. The molecule has 0 aromatic heterocycles. The zero-order chi connectivity index (χ0) is 39.3. The highest BCUT2D eigenvalue weighted by atomic mass is 16.5. The van der Waals surface area contributed by atoms with Crippen LogP contribution in [0.2, 0.25) is 0 Å². The Morgan fingerprint density at radius 3 is 1.93 bits per heavy atom. The molecule has 5 atom stereocenters. The van der Waals surface area contributed by atoms with E-state index >= 15 is 0 Å². The van der Waals surface area contributed by atoms with E-state index < -0.39 is 11.6 Å². The van der Waals surface area contributed by atoms with Crippen molar-refractivity contribution in [1.82, 2.24) is 0 Å². The summed E-state index contributed by atoms with van der Waals surface area (Å²) in [6, 6.07) is 8.52. The Balaban J connectivity index is 1.33. The monoisotopic (exact) mass is 754 g/mol. The highest BCUT2D eigenvalue weighted by Gasteiger charge is 2.49. The number of esters is 2. The standard InChI is InChI=1S/C47H66N2O6/c1-7-9-11-13-32-25-38(52-42(50)20-22-48)45-35-24-31(16-18-36(35)46(4,5)54-40(45)27-32)19-21-47(6)37-17-15-30(3)23-34(37)44-39(53-43(51)29-49)26-33(14-12-10-8-2)28-41(44)55-47/h23-28,34-37H,7-22,29,48-49H2,1-6H3/t34-,35-,36-,37-,47?/m1/s1. The predicted octanol–water partition coefficient (Wildman–Crippen LogP) is 9.93. The van der Waals surface area contributed by atoms with Gasteiger partial charge in [-0.25, -0.2) is 0 Å². The van der Waals surface area contributed by atoms with Crippen molar-refractivity contribution in [3.8, 4) is 23.0 Å². The van der Waals surface area contributed by atoms with E-state index in [2.05, 4.69) is 78.0 Å². The molecule has 300 valence electrons. The number of aryl methyl sites for hydroxylation is 2. The fourth-order valence-electron chi connectivity index (χ4n) is 9.82. The average Bonchev–Trinajstić information content (AvgIpc) is 3.13. The number of fused-ring (bicyclic) bond motifs is 6. The van der Waals surface area contributed by atoms with Crippen LogP contribution in [0.15, 0.2) is 47.6 Å². The molecule has 2 aliphatic carbocycles. The Kier molecular flexibility index (Phi) is 13.2. The Labute approximate surface area is 329 Å². The third kappa shape index (κ3) is 9.17. The molecule has 55 heavy (non-hydrogen) atoms. The molecule has 0 saturated carbocycles. The molecule has 6 rings (SSSR count). The van der Waals surface area contributed by atoms with Crippen molar-refractivity contribution < 1.29 is 28.5 Å². The summed E-state index contributed by atoms with van der Waals surface area (Å²) < 4.78 is 26.1. The third-order valence-corrected chi connectivity index (χ3v) is 12.8. The van der Waals surface area contributed by atoms with E-state index in [-0.39, 0.29) is 54.8 Å². The van der Waals surface area contributed by atoms with Crippen molar-refractivity contribution >= 4 is 11.9 Å². The number of unbranched alkanes of at least 4 members (excludes halogenated alkanes) is 4. The first-order chi connectivity index (χ1) is 26.4. The number of carbonyl (C=O) groups is 2. The van der Waals surface area contributed by atoms with E-state index in [9.17, 15) is 9.59 Å². The van der Waals surface area contributed by atoms with Crippen molar-refractivity contribution in [2.45, 2.75) is 161 Å². The summed E-state index contributed by atoms with van der Waals surface area (Å²) in [6.45, 7) is 13.4. The van der Waals surface area contributed by atoms with Gasteiger partial charge in [0.2, 0.25) is 0 Å². The van der Waals surface area contributed by atoms with Crippen LogP contribution >= 0.6 is 0 Å². The molecular formula is C47H66N2O6. The van der Waals surface area contributed by atoms with Gasteiger partial charge in [0.1, 0.15) is 34.2 Å². The van der Waals surface area contributed by atoms with E-state index in [4.69, 9.17) is 30.4 Å². The van der Waals surface area contributed by atoms with Gasteiger partial charge in [0, 0.05) is 41.3 Å². The average molecular weight is 755 g/mol. The van der Waals surface area contributed by atoms with Gasteiger partial charge in [0.15, 0.2) is 0 Å². The lowest BCUT2D eigenvalue weighted by atomic mass is 9.64. The molecule has 2 aliphatic heterocycles. The van der Waals surface area contributed by atoms with Gasteiger partial charge in [0.05, 0.1) is 13.0 Å². The van der Waals surface area contributed by atoms with Crippen LogP contribution in [0.4, 0.5) is 0 Å². The smallest absolute Gasteiger partial charge is 0.325 e. The summed E-state index contributed by atoms with van der Waals surface area (Å²) in [5.74, 6) is 2.76. The maximum absolute atomic E-state index is 12.9. The second-order valence-electron chi connectivity index (χ2n) is 17.4. The molecule has 8 nitrogen and oxygen atoms in total. The van der Waals surface area contributed by atoms with E-state index in [0.717, 1.165) is 124 Å². The van der Waals surface area contributed by atoms with Gasteiger partial charge in [-0.1, -0.05) is 62.8 Å². The van der Waals surface area contributed by atoms with Gasteiger partial charge in [-0.05, 0) is 127 Å². The SMILES string of the molecule is CCCCCc1cc(OC(=O)CCN)c2c(c1)OC(C)(C)[C@@H]1CCC(CCC3(C)Oc4cc(CCCCC)cc(OC(=O)CN)c4[C@@H]4C=C(C)CC[C@H]43)=C[C@@H]21. The van der Waals surface area contributed by atoms with Crippen molar-refractivity contribution in [1.29, 1.82) is 0 Å². The number of hydrogen-bond donors (Lipinski definition) is 2. The minimum atomic E-state index is -0.431. The first-order valence-corrected chi connectivity index (χ1v) is 21.3. The summed E-state index contributed by atoms with van der Waals surface area (Å²) in [4.78, 5) is 25.5. The van der Waals surface area contributed by atoms with Crippen LogP contribution in [0.25, 0.3) is 0 Å². The van der Waals surface area contributed by atoms with Gasteiger partial charge in [-0.3, -0.25) is 9.59 Å². The van der Waals surface area contributed by atoms with E-state index in [1.165, 1.54) is 11.1 Å². The van der Waals surface area contributed by atoms with Gasteiger partial charge in [0.25, 0.3) is 0 Å². The van der Waals surface area contributed by atoms with Crippen molar-refractivity contribution in [3.63, 3.8) is 0 Å². The Bertz CT molecular complexity index is 1780. The molecule has 1 unspecified atom stereocenters. The minimum absolute atomic E-state index is 0.0622. The minimum Gasteiger partial charge on any atom is -0.487 e. The zero-order valence-corrected chi connectivity index (χ0v) is 34.4. The van der Waals surface area contributed by atoms with Crippen molar-refractivity contribution in [2.75, 3.05) is 13.1 Å². The van der Waals surface area contributed by atoms with E-state index in [0.29, 0.717) is 11.5 Å². The van der Waals surface area contributed by atoms with Crippen LogP contribution < -0.4 is 30.4 Å². The molecule has 2 aromatic carbocycles. The second-order valence-corrected chi connectivity index (χ2v) is 17.4. The summed E-state index contributed by atoms with van der Waals surface area (Å²) >= 11 is 0. The number of ether oxygens (including phenoxy) is 4. The lowest BCUT2D eigenvalue weighted by molar-refractivity contribution is -0.134. The fourth-order valence-corrected chi connectivity index (χ4v) is 9.82. The molecule has 0 saturated heterocycles. The lowest BCUT2D eigenvalue weighted by Gasteiger charge is -2.49. The Hall–Kier alpha value is -3.62. The summed E-state index contributed by atoms with van der Waals surface area (Å²) in [5, 5.41) is 0. The normalized spacial score (nSPS) is 24.8. The third-order valence-electron chi connectivity index (χ3n) is 12.8. The van der Waals surface area contributed by atoms with Crippen LogP contribution in [0.1, 0.15) is 159 Å². The molecule has 4 N–H and O–H groups in total. The Morgan fingerprint density at radius 2 is 1.33 bits per heavy atom. The fraction of sp³-hybridized carbons (Fsp3) is 0.617.